The number of benzene rings is 1. The number of nitrogens with one attached hydrogen (secondary N) is 1. The fourth-order valence-corrected chi connectivity index (χ4v) is 5.00. The first-order chi connectivity index (χ1) is 14.9. The first-order valence-corrected chi connectivity index (χ1v) is 10.9. The maximum atomic E-state index is 12.8. The molecule has 3 heterocycles. The van der Waals surface area contributed by atoms with Gasteiger partial charge in [-0.2, -0.15) is 5.10 Å². The summed E-state index contributed by atoms with van der Waals surface area (Å²) in [5, 5.41) is 7.71. The molecule has 2 amide bonds. The van der Waals surface area contributed by atoms with E-state index in [-0.39, 0.29) is 17.0 Å². The van der Waals surface area contributed by atoms with Crippen molar-refractivity contribution in [1.82, 2.24) is 25.1 Å². The predicted octanol–water partition coefficient (Wildman–Crippen LogP) is 4.08. The molecule has 0 atom stereocenters. The SMILES string of the molecule is Cc1cc(C)n(-c2ncc(N3C[C@]4(CC[C@@](C)(c5ccccc5)CC4)NC3=O)cn2)n1. The highest BCUT2D eigenvalue weighted by Crippen LogP contribution is 2.44. The average Bonchev–Trinajstić information content (AvgIpc) is 3.29. The van der Waals surface area contributed by atoms with E-state index < -0.39 is 0 Å². The molecule has 2 fully saturated rings. The Hall–Kier alpha value is -3.22. The molecule has 1 aromatic carbocycles. The largest absolute Gasteiger partial charge is 0.330 e. The Bertz CT molecular complexity index is 1100. The van der Waals surface area contributed by atoms with Crippen LogP contribution in [0.2, 0.25) is 0 Å². The Morgan fingerprint density at radius 2 is 1.68 bits per heavy atom. The number of aryl methyl sites for hydroxylation is 2. The normalized spacial score (nSPS) is 25.8. The predicted molar refractivity (Wildman–Crippen MR) is 119 cm³/mol. The molecule has 1 saturated heterocycles. The van der Waals surface area contributed by atoms with Gasteiger partial charge >= 0.3 is 6.03 Å². The van der Waals surface area contributed by atoms with E-state index in [9.17, 15) is 4.79 Å². The quantitative estimate of drug-likeness (QED) is 0.698. The summed E-state index contributed by atoms with van der Waals surface area (Å²) in [5.41, 5.74) is 3.99. The van der Waals surface area contributed by atoms with Crippen LogP contribution in [0.1, 0.15) is 49.6 Å². The average molecular weight is 417 g/mol. The van der Waals surface area contributed by atoms with Crippen molar-refractivity contribution >= 4 is 11.7 Å². The van der Waals surface area contributed by atoms with E-state index in [0.717, 1.165) is 42.8 Å². The second-order valence-corrected chi connectivity index (χ2v) is 9.30. The van der Waals surface area contributed by atoms with Crippen LogP contribution in [0.4, 0.5) is 10.5 Å². The number of urea groups is 1. The Balaban J connectivity index is 1.31. The van der Waals surface area contributed by atoms with Gasteiger partial charge in [0, 0.05) is 5.69 Å². The molecule has 7 nitrogen and oxygen atoms in total. The molecule has 3 aromatic rings. The number of amides is 2. The van der Waals surface area contributed by atoms with Crippen molar-refractivity contribution < 1.29 is 4.79 Å². The Labute approximate surface area is 182 Å². The highest BCUT2D eigenvalue weighted by Gasteiger charge is 2.48. The van der Waals surface area contributed by atoms with Crippen molar-refractivity contribution in [1.29, 1.82) is 0 Å². The second kappa shape index (κ2) is 7.18. The van der Waals surface area contributed by atoms with E-state index in [1.54, 1.807) is 22.0 Å². The van der Waals surface area contributed by atoms with Crippen LogP contribution in [0.15, 0.2) is 48.8 Å². The lowest BCUT2D eigenvalue weighted by Gasteiger charge is -2.43. The van der Waals surface area contributed by atoms with Gasteiger partial charge in [-0.25, -0.2) is 19.4 Å². The lowest BCUT2D eigenvalue weighted by molar-refractivity contribution is 0.199. The van der Waals surface area contributed by atoms with Crippen molar-refractivity contribution in [3.63, 3.8) is 0 Å². The molecule has 1 aliphatic heterocycles. The van der Waals surface area contributed by atoms with Gasteiger partial charge < -0.3 is 5.32 Å². The molecule has 0 bridgehead atoms. The van der Waals surface area contributed by atoms with Crippen molar-refractivity contribution in [3.8, 4) is 5.95 Å². The summed E-state index contributed by atoms with van der Waals surface area (Å²) >= 11 is 0. The maximum absolute atomic E-state index is 12.8. The van der Waals surface area contributed by atoms with Gasteiger partial charge in [-0.05, 0) is 56.6 Å². The van der Waals surface area contributed by atoms with Crippen molar-refractivity contribution in [3.05, 3.63) is 65.7 Å². The first-order valence-electron chi connectivity index (χ1n) is 10.9. The molecule has 1 N–H and O–H groups in total. The molecule has 0 unspecified atom stereocenters. The minimum absolute atomic E-state index is 0.0641. The third-order valence-electron chi connectivity index (χ3n) is 6.99. The fraction of sp³-hybridized carbons (Fsp3) is 0.417. The third kappa shape index (κ3) is 3.48. The van der Waals surface area contributed by atoms with Crippen LogP contribution in [-0.2, 0) is 5.41 Å². The molecule has 31 heavy (non-hydrogen) atoms. The van der Waals surface area contributed by atoms with Gasteiger partial charge in [-0.1, -0.05) is 37.3 Å². The molecular formula is C24H28N6O. The molecule has 1 aliphatic carbocycles. The highest BCUT2D eigenvalue weighted by atomic mass is 16.2. The van der Waals surface area contributed by atoms with Crippen LogP contribution in [-0.4, -0.2) is 37.9 Å². The second-order valence-electron chi connectivity index (χ2n) is 9.30. The maximum Gasteiger partial charge on any atom is 0.322 e. The molecule has 5 rings (SSSR count). The summed E-state index contributed by atoms with van der Waals surface area (Å²) in [6, 6.07) is 12.7. The summed E-state index contributed by atoms with van der Waals surface area (Å²) in [7, 11) is 0. The molecule has 1 saturated carbocycles. The Kier molecular flexibility index (Phi) is 4.57. The number of nitrogens with zero attached hydrogens (tertiary/aromatic N) is 5. The molecule has 2 aromatic heterocycles. The lowest BCUT2D eigenvalue weighted by atomic mass is 9.65. The summed E-state index contributed by atoms with van der Waals surface area (Å²) in [4.78, 5) is 23.5. The standard InChI is InChI=1S/C24H28N6O/c1-17-13-18(2)30(28-17)21-25-14-20(15-26-21)29-16-24(27-22(29)31)11-9-23(3,10-12-24)19-7-5-4-6-8-19/h4-8,13-15H,9-12,16H2,1-3H3,(H,27,31)/t23-,24-. The summed E-state index contributed by atoms with van der Waals surface area (Å²) in [6.45, 7) is 6.91. The van der Waals surface area contributed by atoms with Crippen molar-refractivity contribution in [2.45, 2.75) is 57.4 Å². The van der Waals surface area contributed by atoms with Gasteiger partial charge in [0.15, 0.2) is 0 Å². The summed E-state index contributed by atoms with van der Waals surface area (Å²) < 4.78 is 1.72. The van der Waals surface area contributed by atoms with E-state index >= 15 is 0 Å². The van der Waals surface area contributed by atoms with Crippen LogP contribution in [0, 0.1) is 13.8 Å². The number of hydrogen-bond donors (Lipinski definition) is 1. The number of rotatable bonds is 3. The molecule has 7 heteroatoms. The number of carbonyl (C=O) groups excluding carboxylic acids is 1. The zero-order valence-corrected chi connectivity index (χ0v) is 18.3. The Morgan fingerprint density at radius 3 is 2.29 bits per heavy atom. The van der Waals surface area contributed by atoms with Gasteiger partial charge in [0.25, 0.3) is 5.95 Å². The van der Waals surface area contributed by atoms with Crippen LogP contribution in [0.5, 0.6) is 0 Å². The van der Waals surface area contributed by atoms with Crippen molar-refractivity contribution in [2.75, 3.05) is 11.4 Å². The number of aromatic nitrogens is 4. The number of anilines is 1. The van der Waals surface area contributed by atoms with E-state index in [2.05, 4.69) is 57.6 Å². The van der Waals surface area contributed by atoms with Crippen LogP contribution in [0.25, 0.3) is 5.95 Å². The van der Waals surface area contributed by atoms with E-state index in [4.69, 9.17) is 0 Å². The first kappa shape index (κ1) is 19.7. The third-order valence-corrected chi connectivity index (χ3v) is 6.99. The van der Waals surface area contributed by atoms with Crippen molar-refractivity contribution in [2.24, 2.45) is 0 Å². The van der Waals surface area contributed by atoms with Gasteiger partial charge in [0.2, 0.25) is 0 Å². The van der Waals surface area contributed by atoms with Gasteiger partial charge in [-0.15, -0.1) is 0 Å². The molecule has 160 valence electrons. The number of carbonyl (C=O) groups is 1. The zero-order valence-electron chi connectivity index (χ0n) is 18.3. The molecular weight excluding hydrogens is 388 g/mol. The lowest BCUT2D eigenvalue weighted by Crippen LogP contribution is -2.49. The molecule has 0 radical (unpaired) electrons. The highest BCUT2D eigenvalue weighted by molar-refractivity contribution is 5.95. The summed E-state index contributed by atoms with van der Waals surface area (Å²) in [5.74, 6) is 0.514. The van der Waals surface area contributed by atoms with Crippen LogP contribution >= 0.6 is 0 Å². The molecule has 1 spiro atoms. The minimum atomic E-state index is -0.181. The topological polar surface area (TPSA) is 75.9 Å². The Morgan fingerprint density at radius 1 is 1.00 bits per heavy atom. The van der Waals surface area contributed by atoms with Gasteiger partial charge in [-0.3, -0.25) is 4.90 Å². The van der Waals surface area contributed by atoms with E-state index in [1.807, 2.05) is 19.9 Å². The monoisotopic (exact) mass is 416 g/mol. The van der Waals surface area contributed by atoms with E-state index in [0.29, 0.717) is 12.5 Å². The molecule has 2 aliphatic rings. The van der Waals surface area contributed by atoms with Gasteiger partial charge in [0.05, 0.1) is 35.9 Å². The van der Waals surface area contributed by atoms with Gasteiger partial charge in [0.1, 0.15) is 0 Å². The summed E-state index contributed by atoms with van der Waals surface area (Å²) in [6.07, 6.45) is 7.47. The van der Waals surface area contributed by atoms with Crippen LogP contribution < -0.4 is 10.2 Å². The van der Waals surface area contributed by atoms with Crippen LogP contribution in [0.3, 0.4) is 0 Å². The minimum Gasteiger partial charge on any atom is -0.330 e. The van der Waals surface area contributed by atoms with E-state index in [1.165, 1.54) is 5.56 Å². The zero-order chi connectivity index (χ0) is 21.6. The smallest absolute Gasteiger partial charge is 0.322 e. The fourth-order valence-electron chi connectivity index (χ4n) is 5.00. The number of hydrogen-bond acceptors (Lipinski definition) is 4.